The molecule has 2 heterocycles. The Bertz CT molecular complexity index is 920. The highest BCUT2D eigenvalue weighted by Crippen LogP contribution is 2.33. The largest absolute Gasteiger partial charge is 0.332 e. The van der Waals surface area contributed by atoms with Crippen molar-refractivity contribution in [1.29, 1.82) is 0 Å². The maximum Gasteiger partial charge on any atom is 0.254 e. The molecule has 1 aliphatic rings. The second-order valence-corrected chi connectivity index (χ2v) is 6.89. The zero-order valence-corrected chi connectivity index (χ0v) is 14.9. The summed E-state index contributed by atoms with van der Waals surface area (Å²) in [4.78, 5) is 19.4. The number of aryl methyl sites for hydroxylation is 1. The molecular formula is C23H22N2O. The smallest absolute Gasteiger partial charge is 0.254 e. The lowest BCUT2D eigenvalue weighted by Crippen LogP contribution is -2.30. The van der Waals surface area contributed by atoms with Crippen LogP contribution in [0.3, 0.4) is 0 Å². The SMILES string of the molecule is Cc1cccc(-c2cccc(C(=O)N3CCCC3c3cccnc3)c2)c1. The molecule has 130 valence electrons. The van der Waals surface area contributed by atoms with E-state index in [0.29, 0.717) is 0 Å². The van der Waals surface area contributed by atoms with Crippen molar-refractivity contribution in [3.8, 4) is 11.1 Å². The van der Waals surface area contributed by atoms with E-state index < -0.39 is 0 Å². The molecule has 0 aliphatic carbocycles. The predicted molar refractivity (Wildman–Crippen MR) is 104 cm³/mol. The van der Waals surface area contributed by atoms with Crippen LogP contribution in [0, 0.1) is 6.92 Å². The van der Waals surface area contributed by atoms with Gasteiger partial charge in [0.15, 0.2) is 0 Å². The van der Waals surface area contributed by atoms with Gasteiger partial charge in [-0.15, -0.1) is 0 Å². The van der Waals surface area contributed by atoms with Crippen LogP contribution in [-0.2, 0) is 0 Å². The summed E-state index contributed by atoms with van der Waals surface area (Å²) < 4.78 is 0. The van der Waals surface area contributed by atoms with E-state index in [0.717, 1.165) is 41.6 Å². The van der Waals surface area contributed by atoms with Gasteiger partial charge in [-0.25, -0.2) is 0 Å². The zero-order chi connectivity index (χ0) is 17.9. The van der Waals surface area contributed by atoms with Crippen molar-refractivity contribution in [1.82, 2.24) is 9.88 Å². The standard InChI is InChI=1S/C23H22N2O/c1-17-6-2-7-18(14-17)19-8-3-9-20(15-19)23(26)25-13-5-11-22(25)21-10-4-12-24-16-21/h2-4,6-10,12,14-16,22H,5,11,13H2,1H3. The molecule has 0 N–H and O–H groups in total. The summed E-state index contributed by atoms with van der Waals surface area (Å²) in [5.41, 5.74) is 5.31. The number of benzene rings is 2. The van der Waals surface area contributed by atoms with E-state index in [1.165, 1.54) is 5.56 Å². The Morgan fingerprint density at radius 2 is 1.85 bits per heavy atom. The fraction of sp³-hybridized carbons (Fsp3) is 0.217. The van der Waals surface area contributed by atoms with Crippen LogP contribution in [0.4, 0.5) is 0 Å². The lowest BCUT2D eigenvalue weighted by molar-refractivity contribution is 0.0735. The quantitative estimate of drug-likeness (QED) is 0.668. The first kappa shape index (κ1) is 16.5. The number of hydrogen-bond donors (Lipinski definition) is 0. The van der Waals surface area contributed by atoms with Crippen molar-refractivity contribution in [2.24, 2.45) is 0 Å². The number of nitrogens with zero attached hydrogens (tertiary/aromatic N) is 2. The van der Waals surface area contributed by atoms with Crippen molar-refractivity contribution in [3.63, 3.8) is 0 Å². The third-order valence-electron chi connectivity index (χ3n) is 5.04. The number of amides is 1. The molecule has 1 aliphatic heterocycles. The maximum absolute atomic E-state index is 13.2. The zero-order valence-electron chi connectivity index (χ0n) is 14.9. The topological polar surface area (TPSA) is 33.2 Å². The van der Waals surface area contributed by atoms with Gasteiger partial charge in [-0.3, -0.25) is 9.78 Å². The summed E-state index contributed by atoms with van der Waals surface area (Å²) in [6.07, 6.45) is 5.67. The first-order chi connectivity index (χ1) is 12.7. The van der Waals surface area contributed by atoms with Gasteiger partial charge in [0.05, 0.1) is 6.04 Å². The molecule has 26 heavy (non-hydrogen) atoms. The summed E-state index contributed by atoms with van der Waals surface area (Å²) in [6, 6.07) is 20.5. The predicted octanol–water partition coefficient (Wildman–Crippen LogP) is 5.03. The Morgan fingerprint density at radius 1 is 1.04 bits per heavy atom. The van der Waals surface area contributed by atoms with E-state index in [-0.39, 0.29) is 11.9 Å². The Morgan fingerprint density at radius 3 is 2.62 bits per heavy atom. The van der Waals surface area contributed by atoms with Crippen molar-refractivity contribution in [2.45, 2.75) is 25.8 Å². The second kappa shape index (κ2) is 7.12. The molecule has 0 radical (unpaired) electrons. The number of carbonyl (C=O) groups excluding carboxylic acids is 1. The van der Waals surface area contributed by atoms with Crippen molar-refractivity contribution >= 4 is 5.91 Å². The van der Waals surface area contributed by atoms with Gasteiger partial charge in [0.1, 0.15) is 0 Å². The highest BCUT2D eigenvalue weighted by Gasteiger charge is 2.30. The number of rotatable bonds is 3. The normalized spacial score (nSPS) is 16.7. The van der Waals surface area contributed by atoms with Crippen LogP contribution < -0.4 is 0 Å². The number of hydrogen-bond acceptors (Lipinski definition) is 2. The Kier molecular flexibility index (Phi) is 4.53. The van der Waals surface area contributed by atoms with Crippen LogP contribution in [0.1, 0.15) is 40.4 Å². The molecule has 1 atom stereocenters. The Labute approximate surface area is 154 Å². The van der Waals surface area contributed by atoms with E-state index in [4.69, 9.17) is 0 Å². The van der Waals surface area contributed by atoms with Crippen LogP contribution in [-0.4, -0.2) is 22.3 Å². The third kappa shape index (κ3) is 3.25. The Balaban J connectivity index is 1.63. The molecule has 2 aromatic carbocycles. The van der Waals surface area contributed by atoms with E-state index in [9.17, 15) is 4.79 Å². The molecule has 1 unspecified atom stereocenters. The lowest BCUT2D eigenvalue weighted by Gasteiger charge is -2.25. The third-order valence-corrected chi connectivity index (χ3v) is 5.04. The van der Waals surface area contributed by atoms with Gasteiger partial charge < -0.3 is 4.90 Å². The molecule has 1 aromatic heterocycles. The molecule has 1 saturated heterocycles. The average molecular weight is 342 g/mol. The van der Waals surface area contributed by atoms with Crippen molar-refractivity contribution in [2.75, 3.05) is 6.54 Å². The molecule has 0 spiro atoms. The first-order valence-electron chi connectivity index (χ1n) is 9.10. The van der Waals surface area contributed by atoms with E-state index >= 15 is 0 Å². The highest BCUT2D eigenvalue weighted by atomic mass is 16.2. The molecular weight excluding hydrogens is 320 g/mol. The summed E-state index contributed by atoms with van der Waals surface area (Å²) in [5, 5.41) is 0. The fourth-order valence-electron chi connectivity index (χ4n) is 3.75. The van der Waals surface area contributed by atoms with Gasteiger partial charge >= 0.3 is 0 Å². The van der Waals surface area contributed by atoms with Gasteiger partial charge in [-0.2, -0.15) is 0 Å². The second-order valence-electron chi connectivity index (χ2n) is 6.89. The lowest BCUT2D eigenvalue weighted by atomic mass is 10.0. The minimum Gasteiger partial charge on any atom is -0.332 e. The molecule has 1 fully saturated rings. The van der Waals surface area contributed by atoms with Crippen LogP contribution in [0.2, 0.25) is 0 Å². The van der Waals surface area contributed by atoms with Crippen LogP contribution >= 0.6 is 0 Å². The number of pyridine rings is 1. The molecule has 4 rings (SSSR count). The molecule has 3 heteroatoms. The number of aromatic nitrogens is 1. The molecule has 0 bridgehead atoms. The minimum atomic E-state index is 0.103. The first-order valence-corrected chi connectivity index (χ1v) is 9.10. The molecule has 3 nitrogen and oxygen atoms in total. The van der Waals surface area contributed by atoms with Crippen molar-refractivity contribution < 1.29 is 4.79 Å². The van der Waals surface area contributed by atoms with E-state index in [2.05, 4.69) is 48.3 Å². The van der Waals surface area contributed by atoms with Crippen LogP contribution in [0.5, 0.6) is 0 Å². The van der Waals surface area contributed by atoms with Crippen molar-refractivity contribution in [3.05, 3.63) is 89.7 Å². The van der Waals surface area contributed by atoms with Gasteiger partial charge in [0, 0.05) is 24.5 Å². The van der Waals surface area contributed by atoms with Gasteiger partial charge in [0.25, 0.3) is 5.91 Å². The maximum atomic E-state index is 13.2. The highest BCUT2D eigenvalue weighted by molar-refractivity contribution is 5.96. The monoisotopic (exact) mass is 342 g/mol. The molecule has 3 aromatic rings. The van der Waals surface area contributed by atoms with E-state index in [1.54, 1.807) is 6.20 Å². The van der Waals surface area contributed by atoms with Crippen LogP contribution in [0.15, 0.2) is 73.1 Å². The summed E-state index contributed by atoms with van der Waals surface area (Å²) >= 11 is 0. The van der Waals surface area contributed by atoms with Crippen LogP contribution in [0.25, 0.3) is 11.1 Å². The fourth-order valence-corrected chi connectivity index (χ4v) is 3.75. The van der Waals surface area contributed by atoms with Gasteiger partial charge in [0.2, 0.25) is 0 Å². The Hall–Kier alpha value is -2.94. The van der Waals surface area contributed by atoms with Gasteiger partial charge in [-0.1, -0.05) is 48.0 Å². The van der Waals surface area contributed by atoms with E-state index in [1.807, 2.05) is 35.4 Å². The summed E-state index contributed by atoms with van der Waals surface area (Å²) in [7, 11) is 0. The summed E-state index contributed by atoms with van der Waals surface area (Å²) in [6.45, 7) is 2.88. The average Bonchev–Trinajstić information content (AvgIpc) is 3.18. The molecule has 0 saturated carbocycles. The summed E-state index contributed by atoms with van der Waals surface area (Å²) in [5.74, 6) is 0.103. The van der Waals surface area contributed by atoms with Gasteiger partial charge in [-0.05, 0) is 54.7 Å². The minimum absolute atomic E-state index is 0.103. The number of carbonyl (C=O) groups is 1. The number of likely N-dealkylation sites (tertiary alicyclic amines) is 1. The molecule has 1 amide bonds.